The van der Waals surface area contributed by atoms with Crippen molar-refractivity contribution < 1.29 is 4.79 Å². The topological polar surface area (TPSA) is 99.8 Å². The van der Waals surface area contributed by atoms with Crippen LogP contribution in [0.1, 0.15) is 15.9 Å². The molecule has 1 amide bonds. The monoisotopic (exact) mass is 293 g/mol. The van der Waals surface area contributed by atoms with E-state index in [1.165, 1.54) is 0 Å². The number of primary amides is 1. The SMILES string of the molecule is Cc1ccncc1-n1ncc(-c2ccccc2C(N)=O)c1N. The first kappa shape index (κ1) is 13.8. The van der Waals surface area contributed by atoms with Gasteiger partial charge in [-0.2, -0.15) is 5.10 Å². The number of pyridine rings is 1. The van der Waals surface area contributed by atoms with Gasteiger partial charge in [-0.25, -0.2) is 4.68 Å². The van der Waals surface area contributed by atoms with E-state index in [2.05, 4.69) is 10.1 Å². The average molecular weight is 293 g/mol. The summed E-state index contributed by atoms with van der Waals surface area (Å²) in [5.74, 6) is -0.0647. The van der Waals surface area contributed by atoms with E-state index >= 15 is 0 Å². The van der Waals surface area contributed by atoms with E-state index in [0.717, 1.165) is 11.3 Å². The number of aryl methyl sites for hydroxylation is 1. The van der Waals surface area contributed by atoms with Gasteiger partial charge in [-0.05, 0) is 30.2 Å². The summed E-state index contributed by atoms with van der Waals surface area (Å²) in [5.41, 5.74) is 15.2. The van der Waals surface area contributed by atoms with Crippen LogP contribution in [0.4, 0.5) is 5.82 Å². The lowest BCUT2D eigenvalue weighted by Crippen LogP contribution is -2.12. The van der Waals surface area contributed by atoms with Crippen molar-refractivity contribution in [2.24, 2.45) is 5.73 Å². The maximum Gasteiger partial charge on any atom is 0.249 e. The molecule has 3 aromatic rings. The minimum absolute atomic E-state index is 0.414. The third-order valence-corrected chi connectivity index (χ3v) is 3.53. The van der Waals surface area contributed by atoms with Gasteiger partial charge in [0.25, 0.3) is 0 Å². The first-order valence-electron chi connectivity index (χ1n) is 6.73. The van der Waals surface area contributed by atoms with Crippen molar-refractivity contribution in [3.8, 4) is 16.8 Å². The number of aromatic nitrogens is 3. The molecule has 0 saturated carbocycles. The van der Waals surface area contributed by atoms with Crippen LogP contribution >= 0.6 is 0 Å². The number of carbonyl (C=O) groups is 1. The van der Waals surface area contributed by atoms with Crippen LogP contribution in [0, 0.1) is 6.92 Å². The van der Waals surface area contributed by atoms with Crippen LogP contribution in [0.15, 0.2) is 48.9 Å². The maximum absolute atomic E-state index is 11.6. The number of benzene rings is 1. The number of nitrogens with two attached hydrogens (primary N) is 2. The van der Waals surface area contributed by atoms with Gasteiger partial charge in [0.05, 0.1) is 18.1 Å². The van der Waals surface area contributed by atoms with Gasteiger partial charge < -0.3 is 11.5 Å². The molecule has 0 spiro atoms. The summed E-state index contributed by atoms with van der Waals surface area (Å²) >= 11 is 0. The highest BCUT2D eigenvalue weighted by Gasteiger charge is 2.16. The quantitative estimate of drug-likeness (QED) is 0.770. The Balaban J connectivity index is 2.17. The van der Waals surface area contributed by atoms with Crippen molar-refractivity contribution in [2.75, 3.05) is 5.73 Å². The van der Waals surface area contributed by atoms with E-state index in [0.29, 0.717) is 22.5 Å². The standard InChI is InChI=1S/C16H15N5O/c1-10-6-7-19-9-14(10)21-15(17)13(8-20-21)11-4-2-3-5-12(11)16(18)22/h2-9H,17H2,1H3,(H2,18,22). The molecule has 3 rings (SSSR count). The van der Waals surface area contributed by atoms with Crippen molar-refractivity contribution in [3.63, 3.8) is 0 Å². The number of hydrogen-bond acceptors (Lipinski definition) is 4. The van der Waals surface area contributed by atoms with E-state index in [-0.39, 0.29) is 0 Å². The van der Waals surface area contributed by atoms with Crippen LogP contribution in [-0.4, -0.2) is 20.7 Å². The molecule has 0 aliphatic carbocycles. The van der Waals surface area contributed by atoms with Gasteiger partial charge >= 0.3 is 0 Å². The molecule has 0 aliphatic rings. The number of hydrogen-bond donors (Lipinski definition) is 2. The Morgan fingerprint density at radius 1 is 1.14 bits per heavy atom. The molecule has 4 N–H and O–H groups in total. The predicted octanol–water partition coefficient (Wildman–Crippen LogP) is 1.92. The Morgan fingerprint density at radius 2 is 1.91 bits per heavy atom. The van der Waals surface area contributed by atoms with E-state index in [4.69, 9.17) is 11.5 Å². The molecule has 2 aromatic heterocycles. The average Bonchev–Trinajstić information content (AvgIpc) is 2.89. The summed E-state index contributed by atoms with van der Waals surface area (Å²) in [6.07, 6.45) is 5.04. The molecule has 0 fully saturated rings. The fraction of sp³-hybridized carbons (Fsp3) is 0.0625. The number of amides is 1. The van der Waals surface area contributed by atoms with Crippen molar-refractivity contribution in [1.29, 1.82) is 0 Å². The number of nitrogens with zero attached hydrogens (tertiary/aromatic N) is 3. The van der Waals surface area contributed by atoms with Crippen LogP contribution in [0.5, 0.6) is 0 Å². The smallest absolute Gasteiger partial charge is 0.249 e. The largest absolute Gasteiger partial charge is 0.383 e. The molecule has 0 atom stereocenters. The molecule has 6 nitrogen and oxygen atoms in total. The summed E-state index contributed by atoms with van der Waals surface area (Å²) in [6.45, 7) is 1.95. The minimum Gasteiger partial charge on any atom is -0.383 e. The summed E-state index contributed by atoms with van der Waals surface area (Å²) < 4.78 is 1.61. The van der Waals surface area contributed by atoms with Crippen LogP contribution in [0.25, 0.3) is 16.8 Å². The van der Waals surface area contributed by atoms with E-state index in [1.807, 2.05) is 19.1 Å². The Kier molecular flexibility index (Phi) is 3.34. The molecule has 110 valence electrons. The van der Waals surface area contributed by atoms with Gasteiger partial charge in [0.15, 0.2) is 0 Å². The summed E-state index contributed by atoms with van der Waals surface area (Å²) in [5, 5.41) is 4.32. The highest BCUT2D eigenvalue weighted by molar-refractivity contribution is 6.01. The molecular formula is C16H15N5O. The van der Waals surface area contributed by atoms with Crippen LogP contribution in [0.3, 0.4) is 0 Å². The number of anilines is 1. The molecule has 0 aliphatic heterocycles. The molecule has 0 radical (unpaired) electrons. The van der Waals surface area contributed by atoms with Crippen molar-refractivity contribution in [1.82, 2.24) is 14.8 Å². The Hall–Kier alpha value is -3.15. The van der Waals surface area contributed by atoms with Crippen LogP contribution in [0.2, 0.25) is 0 Å². The van der Waals surface area contributed by atoms with Crippen LogP contribution < -0.4 is 11.5 Å². The van der Waals surface area contributed by atoms with E-state index in [9.17, 15) is 4.79 Å². The molecule has 6 heteroatoms. The fourth-order valence-electron chi connectivity index (χ4n) is 2.37. The lowest BCUT2D eigenvalue weighted by Gasteiger charge is -2.09. The van der Waals surface area contributed by atoms with Crippen molar-refractivity contribution >= 4 is 11.7 Å². The molecule has 0 unspecified atom stereocenters. The van der Waals surface area contributed by atoms with Gasteiger partial charge in [-0.3, -0.25) is 9.78 Å². The van der Waals surface area contributed by atoms with E-state index < -0.39 is 5.91 Å². The van der Waals surface area contributed by atoms with Crippen molar-refractivity contribution in [3.05, 3.63) is 60.0 Å². The zero-order valence-electron chi connectivity index (χ0n) is 12.0. The van der Waals surface area contributed by atoms with Gasteiger partial charge in [0.2, 0.25) is 5.91 Å². The molecule has 0 saturated heterocycles. The Morgan fingerprint density at radius 3 is 2.64 bits per heavy atom. The highest BCUT2D eigenvalue weighted by atomic mass is 16.1. The third kappa shape index (κ3) is 2.20. The predicted molar refractivity (Wildman–Crippen MR) is 84.5 cm³/mol. The van der Waals surface area contributed by atoms with E-state index in [1.54, 1.807) is 41.5 Å². The molecule has 0 bridgehead atoms. The van der Waals surface area contributed by atoms with Gasteiger partial charge in [0.1, 0.15) is 5.82 Å². The lowest BCUT2D eigenvalue weighted by atomic mass is 10.0. The fourth-order valence-corrected chi connectivity index (χ4v) is 2.37. The zero-order valence-corrected chi connectivity index (χ0v) is 12.0. The first-order valence-corrected chi connectivity index (χ1v) is 6.73. The molecule has 22 heavy (non-hydrogen) atoms. The van der Waals surface area contributed by atoms with Gasteiger partial charge in [-0.1, -0.05) is 18.2 Å². The second kappa shape index (κ2) is 5.33. The zero-order chi connectivity index (χ0) is 15.7. The minimum atomic E-state index is -0.500. The molecular weight excluding hydrogens is 278 g/mol. The molecule has 2 heterocycles. The first-order chi connectivity index (χ1) is 10.6. The maximum atomic E-state index is 11.6. The Bertz CT molecular complexity index is 853. The second-order valence-electron chi connectivity index (χ2n) is 4.93. The van der Waals surface area contributed by atoms with Crippen LogP contribution in [-0.2, 0) is 0 Å². The lowest BCUT2D eigenvalue weighted by molar-refractivity contribution is 0.100. The summed E-state index contributed by atoms with van der Waals surface area (Å²) in [7, 11) is 0. The number of nitrogen functional groups attached to an aromatic ring is 1. The second-order valence-corrected chi connectivity index (χ2v) is 4.93. The van der Waals surface area contributed by atoms with Gasteiger partial charge in [0, 0.05) is 17.3 Å². The summed E-state index contributed by atoms with van der Waals surface area (Å²) in [6, 6.07) is 8.94. The number of rotatable bonds is 3. The molecule has 1 aromatic carbocycles. The van der Waals surface area contributed by atoms with Gasteiger partial charge in [-0.15, -0.1) is 0 Å². The van der Waals surface area contributed by atoms with Crippen molar-refractivity contribution in [2.45, 2.75) is 6.92 Å². The summed E-state index contributed by atoms with van der Waals surface area (Å²) in [4.78, 5) is 15.7. The highest BCUT2D eigenvalue weighted by Crippen LogP contribution is 2.30. The normalized spacial score (nSPS) is 10.6. The number of carbonyl (C=O) groups excluding carboxylic acids is 1. The Labute approximate surface area is 127 Å². The third-order valence-electron chi connectivity index (χ3n) is 3.53.